The van der Waals surface area contributed by atoms with Crippen LogP contribution < -0.4 is 10.1 Å². The van der Waals surface area contributed by atoms with Gasteiger partial charge in [-0.25, -0.2) is 0 Å². The van der Waals surface area contributed by atoms with E-state index >= 15 is 0 Å². The largest absolute Gasteiger partial charge is 0.494 e. The van der Waals surface area contributed by atoms with Crippen molar-refractivity contribution in [2.24, 2.45) is 0 Å². The summed E-state index contributed by atoms with van der Waals surface area (Å²) >= 11 is 6.52. The Hall–Kier alpha value is -1.51. The van der Waals surface area contributed by atoms with Crippen molar-refractivity contribution in [3.05, 3.63) is 64.2 Å². The maximum atomic E-state index is 6.52. The first-order valence-corrected chi connectivity index (χ1v) is 7.76. The SMILES string of the molecule is CCNC(c1ccccc1OCC)c1cccc(C)c1Cl. The Morgan fingerprint density at radius 3 is 2.48 bits per heavy atom. The molecule has 3 heteroatoms. The summed E-state index contributed by atoms with van der Waals surface area (Å²) in [6.45, 7) is 7.63. The van der Waals surface area contributed by atoms with Crippen molar-refractivity contribution in [3.63, 3.8) is 0 Å². The number of rotatable bonds is 6. The van der Waals surface area contributed by atoms with Gasteiger partial charge in [0.2, 0.25) is 0 Å². The Labute approximate surface area is 132 Å². The Morgan fingerprint density at radius 1 is 1.05 bits per heavy atom. The molecule has 112 valence electrons. The van der Waals surface area contributed by atoms with Gasteiger partial charge >= 0.3 is 0 Å². The first-order chi connectivity index (χ1) is 10.2. The third-order valence-corrected chi connectivity index (χ3v) is 3.99. The molecule has 0 saturated carbocycles. The van der Waals surface area contributed by atoms with Crippen LogP contribution in [0.3, 0.4) is 0 Å². The second kappa shape index (κ2) is 7.48. The number of aryl methyl sites for hydroxylation is 1. The monoisotopic (exact) mass is 303 g/mol. The number of ether oxygens (including phenoxy) is 1. The van der Waals surface area contributed by atoms with Crippen molar-refractivity contribution in [3.8, 4) is 5.75 Å². The van der Waals surface area contributed by atoms with E-state index in [0.717, 1.165) is 34.0 Å². The molecule has 2 rings (SSSR count). The second-order valence-corrected chi connectivity index (χ2v) is 5.32. The number of para-hydroxylation sites is 1. The zero-order chi connectivity index (χ0) is 15.2. The molecule has 0 aliphatic carbocycles. The van der Waals surface area contributed by atoms with Crippen LogP contribution in [0.2, 0.25) is 5.02 Å². The molecule has 0 bridgehead atoms. The van der Waals surface area contributed by atoms with Gasteiger partial charge in [0.1, 0.15) is 5.75 Å². The van der Waals surface area contributed by atoms with Crippen LogP contribution in [0, 0.1) is 6.92 Å². The minimum Gasteiger partial charge on any atom is -0.494 e. The summed E-state index contributed by atoms with van der Waals surface area (Å²) in [7, 11) is 0. The topological polar surface area (TPSA) is 21.3 Å². The molecule has 0 radical (unpaired) electrons. The molecule has 0 saturated heterocycles. The zero-order valence-corrected chi connectivity index (χ0v) is 13.6. The van der Waals surface area contributed by atoms with Gasteiger partial charge in [-0.05, 0) is 37.6 Å². The van der Waals surface area contributed by atoms with Gasteiger partial charge in [0.25, 0.3) is 0 Å². The van der Waals surface area contributed by atoms with E-state index in [-0.39, 0.29) is 6.04 Å². The van der Waals surface area contributed by atoms with Gasteiger partial charge < -0.3 is 10.1 Å². The average molecular weight is 304 g/mol. The molecule has 0 spiro atoms. The molecule has 0 aromatic heterocycles. The van der Waals surface area contributed by atoms with Crippen LogP contribution in [0.15, 0.2) is 42.5 Å². The minimum atomic E-state index is 0.0325. The minimum absolute atomic E-state index is 0.0325. The molecule has 2 aromatic rings. The van der Waals surface area contributed by atoms with Crippen molar-refractivity contribution in [2.75, 3.05) is 13.2 Å². The molecule has 0 amide bonds. The Bertz CT molecular complexity index is 598. The van der Waals surface area contributed by atoms with Crippen molar-refractivity contribution in [2.45, 2.75) is 26.8 Å². The van der Waals surface area contributed by atoms with Gasteiger partial charge in [-0.1, -0.05) is 54.9 Å². The molecular weight excluding hydrogens is 282 g/mol. The maximum Gasteiger partial charge on any atom is 0.124 e. The first-order valence-electron chi connectivity index (χ1n) is 7.39. The van der Waals surface area contributed by atoms with Gasteiger partial charge in [0.05, 0.1) is 12.6 Å². The summed E-state index contributed by atoms with van der Waals surface area (Å²) in [6, 6.07) is 14.3. The number of hydrogen-bond donors (Lipinski definition) is 1. The highest BCUT2D eigenvalue weighted by molar-refractivity contribution is 6.32. The standard InChI is InChI=1S/C18H22ClNO/c1-4-20-18(15-11-8-9-13(3)17(15)19)14-10-6-7-12-16(14)21-5-2/h6-12,18,20H,4-5H2,1-3H3. The molecule has 1 N–H and O–H groups in total. The summed E-state index contributed by atoms with van der Waals surface area (Å²) in [5.74, 6) is 0.906. The average Bonchev–Trinajstić information content (AvgIpc) is 2.49. The van der Waals surface area contributed by atoms with Crippen molar-refractivity contribution >= 4 is 11.6 Å². The molecular formula is C18H22ClNO. The number of benzene rings is 2. The van der Waals surface area contributed by atoms with Crippen LogP contribution in [-0.4, -0.2) is 13.2 Å². The van der Waals surface area contributed by atoms with Crippen molar-refractivity contribution in [1.29, 1.82) is 0 Å². The highest BCUT2D eigenvalue weighted by Crippen LogP contribution is 2.34. The smallest absolute Gasteiger partial charge is 0.124 e. The van der Waals surface area contributed by atoms with E-state index in [1.807, 2.05) is 44.2 Å². The lowest BCUT2D eigenvalue weighted by atomic mass is 9.96. The Balaban J connectivity index is 2.51. The first kappa shape index (κ1) is 15.9. The molecule has 1 atom stereocenters. The summed E-state index contributed by atoms with van der Waals surface area (Å²) in [6.07, 6.45) is 0. The molecule has 2 aromatic carbocycles. The zero-order valence-electron chi connectivity index (χ0n) is 12.8. The van der Waals surface area contributed by atoms with Gasteiger partial charge in [-0.3, -0.25) is 0 Å². The van der Waals surface area contributed by atoms with Crippen LogP contribution in [0.1, 0.15) is 36.6 Å². The van der Waals surface area contributed by atoms with Crippen LogP contribution in [0.5, 0.6) is 5.75 Å². The van der Waals surface area contributed by atoms with E-state index in [9.17, 15) is 0 Å². The van der Waals surface area contributed by atoms with E-state index < -0.39 is 0 Å². The fraction of sp³-hybridized carbons (Fsp3) is 0.333. The lowest BCUT2D eigenvalue weighted by Gasteiger charge is -2.23. The quantitative estimate of drug-likeness (QED) is 0.832. The number of nitrogens with one attached hydrogen (secondary N) is 1. The summed E-state index contributed by atoms with van der Waals surface area (Å²) in [5.41, 5.74) is 3.30. The van der Waals surface area contributed by atoms with Crippen molar-refractivity contribution in [1.82, 2.24) is 5.32 Å². The summed E-state index contributed by atoms with van der Waals surface area (Å²) < 4.78 is 5.77. The molecule has 0 aliphatic rings. The van der Waals surface area contributed by atoms with E-state index in [2.05, 4.69) is 24.4 Å². The third-order valence-electron chi connectivity index (χ3n) is 3.47. The lowest BCUT2D eigenvalue weighted by Crippen LogP contribution is -2.23. The molecule has 21 heavy (non-hydrogen) atoms. The molecule has 1 unspecified atom stereocenters. The maximum absolute atomic E-state index is 6.52. The summed E-state index contributed by atoms with van der Waals surface area (Å²) in [4.78, 5) is 0. The van der Waals surface area contributed by atoms with E-state index in [4.69, 9.17) is 16.3 Å². The normalized spacial score (nSPS) is 12.2. The molecule has 0 fully saturated rings. The fourth-order valence-corrected chi connectivity index (χ4v) is 2.73. The third kappa shape index (κ3) is 3.58. The van der Waals surface area contributed by atoms with Gasteiger partial charge in [-0.2, -0.15) is 0 Å². The molecule has 0 heterocycles. The van der Waals surface area contributed by atoms with Gasteiger partial charge in [0.15, 0.2) is 0 Å². The van der Waals surface area contributed by atoms with Gasteiger partial charge in [0, 0.05) is 10.6 Å². The van der Waals surface area contributed by atoms with Crippen molar-refractivity contribution < 1.29 is 4.74 Å². The summed E-state index contributed by atoms with van der Waals surface area (Å²) in [5, 5.41) is 4.33. The predicted octanol–water partition coefficient (Wildman–Crippen LogP) is 4.75. The van der Waals surface area contributed by atoms with Gasteiger partial charge in [-0.15, -0.1) is 0 Å². The van der Waals surface area contributed by atoms with Crippen LogP contribution in [0.4, 0.5) is 0 Å². The fourth-order valence-electron chi connectivity index (χ4n) is 2.49. The van der Waals surface area contributed by atoms with Crippen LogP contribution in [0.25, 0.3) is 0 Å². The predicted molar refractivity (Wildman–Crippen MR) is 89.3 cm³/mol. The Morgan fingerprint density at radius 2 is 1.76 bits per heavy atom. The Kier molecular flexibility index (Phi) is 5.66. The lowest BCUT2D eigenvalue weighted by molar-refractivity contribution is 0.333. The number of halogens is 1. The van der Waals surface area contributed by atoms with E-state index in [0.29, 0.717) is 6.61 Å². The van der Waals surface area contributed by atoms with Crippen LogP contribution in [-0.2, 0) is 0 Å². The van der Waals surface area contributed by atoms with Crippen LogP contribution >= 0.6 is 11.6 Å². The molecule has 0 aliphatic heterocycles. The van der Waals surface area contributed by atoms with E-state index in [1.54, 1.807) is 0 Å². The highest BCUT2D eigenvalue weighted by Gasteiger charge is 2.20. The van der Waals surface area contributed by atoms with E-state index in [1.165, 1.54) is 0 Å². The highest BCUT2D eigenvalue weighted by atomic mass is 35.5. The molecule has 2 nitrogen and oxygen atoms in total. The second-order valence-electron chi connectivity index (χ2n) is 4.94. The number of hydrogen-bond acceptors (Lipinski definition) is 2.